The molecule has 1 aliphatic rings. The van der Waals surface area contributed by atoms with Gasteiger partial charge in [0.05, 0.1) is 5.69 Å². The second-order valence-electron chi connectivity index (χ2n) is 6.20. The highest BCUT2D eigenvalue weighted by atomic mass is 35.5. The van der Waals surface area contributed by atoms with Gasteiger partial charge in [0, 0.05) is 11.6 Å². The summed E-state index contributed by atoms with van der Waals surface area (Å²) in [5.41, 5.74) is 8.43. The van der Waals surface area contributed by atoms with Crippen molar-refractivity contribution in [2.24, 2.45) is 11.7 Å². The SMILES string of the molecule is Cc1cc(C(=O)NC2CCCCC2CN)ccc1-n1cncn1.Cl. The molecular weight excluding hydrogens is 326 g/mol. The molecule has 3 rings (SSSR count). The van der Waals surface area contributed by atoms with Gasteiger partial charge < -0.3 is 11.1 Å². The lowest BCUT2D eigenvalue weighted by Crippen LogP contribution is -2.44. The molecule has 130 valence electrons. The summed E-state index contributed by atoms with van der Waals surface area (Å²) < 4.78 is 1.70. The Balaban J connectivity index is 0.00000208. The molecule has 1 amide bonds. The van der Waals surface area contributed by atoms with Crippen molar-refractivity contribution in [3.63, 3.8) is 0 Å². The second kappa shape index (κ2) is 8.26. The summed E-state index contributed by atoms with van der Waals surface area (Å²) in [4.78, 5) is 16.5. The number of hydrogen-bond acceptors (Lipinski definition) is 4. The summed E-state index contributed by atoms with van der Waals surface area (Å²) in [6.07, 6.45) is 7.63. The predicted molar refractivity (Wildman–Crippen MR) is 95.6 cm³/mol. The Morgan fingerprint density at radius 1 is 1.38 bits per heavy atom. The molecule has 1 aromatic carbocycles. The zero-order chi connectivity index (χ0) is 16.2. The number of benzene rings is 1. The highest BCUT2D eigenvalue weighted by Gasteiger charge is 2.25. The summed E-state index contributed by atoms with van der Waals surface area (Å²) >= 11 is 0. The first kappa shape index (κ1) is 18.4. The monoisotopic (exact) mass is 349 g/mol. The number of hydrogen-bond donors (Lipinski definition) is 2. The fraction of sp³-hybridized carbons (Fsp3) is 0.471. The number of carbonyl (C=O) groups excluding carboxylic acids is 1. The van der Waals surface area contributed by atoms with Crippen molar-refractivity contribution in [2.45, 2.75) is 38.6 Å². The third kappa shape index (κ3) is 3.94. The Hall–Kier alpha value is -1.92. The van der Waals surface area contributed by atoms with Crippen LogP contribution in [0, 0.1) is 12.8 Å². The highest BCUT2D eigenvalue weighted by Crippen LogP contribution is 2.24. The van der Waals surface area contributed by atoms with Crippen LogP contribution < -0.4 is 11.1 Å². The van der Waals surface area contributed by atoms with Crippen molar-refractivity contribution in [2.75, 3.05) is 6.54 Å². The van der Waals surface area contributed by atoms with Gasteiger partial charge in [-0.05, 0) is 56.0 Å². The van der Waals surface area contributed by atoms with Crippen molar-refractivity contribution in [1.29, 1.82) is 0 Å². The molecule has 0 saturated heterocycles. The highest BCUT2D eigenvalue weighted by molar-refractivity contribution is 5.94. The van der Waals surface area contributed by atoms with Gasteiger partial charge in [-0.25, -0.2) is 9.67 Å². The molecule has 1 fully saturated rings. The van der Waals surface area contributed by atoms with Crippen LogP contribution in [0.2, 0.25) is 0 Å². The first-order valence-corrected chi connectivity index (χ1v) is 8.15. The largest absolute Gasteiger partial charge is 0.349 e. The van der Waals surface area contributed by atoms with Crippen LogP contribution in [0.3, 0.4) is 0 Å². The summed E-state index contributed by atoms with van der Waals surface area (Å²) in [6, 6.07) is 5.82. The van der Waals surface area contributed by atoms with Crippen LogP contribution in [0.15, 0.2) is 30.9 Å². The molecule has 2 atom stereocenters. The Labute approximate surface area is 148 Å². The summed E-state index contributed by atoms with van der Waals surface area (Å²) in [7, 11) is 0. The van der Waals surface area contributed by atoms with E-state index in [-0.39, 0.29) is 24.4 Å². The number of aromatic nitrogens is 3. The summed E-state index contributed by atoms with van der Waals surface area (Å²) in [5.74, 6) is 0.367. The molecule has 1 aliphatic carbocycles. The van der Waals surface area contributed by atoms with E-state index in [0.717, 1.165) is 30.5 Å². The van der Waals surface area contributed by atoms with Gasteiger partial charge in [0.15, 0.2) is 0 Å². The molecule has 0 bridgehead atoms. The number of nitrogens with one attached hydrogen (secondary N) is 1. The number of carbonyl (C=O) groups is 1. The normalized spacial score (nSPS) is 20.2. The molecule has 7 heteroatoms. The average Bonchev–Trinajstić information content (AvgIpc) is 3.09. The van der Waals surface area contributed by atoms with Gasteiger partial charge in [-0.3, -0.25) is 4.79 Å². The van der Waals surface area contributed by atoms with E-state index in [9.17, 15) is 4.79 Å². The number of amides is 1. The molecule has 0 spiro atoms. The molecule has 1 saturated carbocycles. The van der Waals surface area contributed by atoms with Gasteiger partial charge in [0.2, 0.25) is 0 Å². The van der Waals surface area contributed by atoms with Crippen LogP contribution in [0.1, 0.15) is 41.6 Å². The second-order valence-corrected chi connectivity index (χ2v) is 6.20. The fourth-order valence-electron chi connectivity index (χ4n) is 3.32. The number of rotatable bonds is 4. The van der Waals surface area contributed by atoms with E-state index in [1.165, 1.54) is 12.7 Å². The quantitative estimate of drug-likeness (QED) is 0.886. The lowest BCUT2D eigenvalue weighted by molar-refractivity contribution is 0.0908. The van der Waals surface area contributed by atoms with Gasteiger partial charge in [-0.1, -0.05) is 12.8 Å². The summed E-state index contributed by atoms with van der Waals surface area (Å²) in [5, 5.41) is 7.29. The van der Waals surface area contributed by atoms with Gasteiger partial charge in [-0.15, -0.1) is 12.4 Å². The van der Waals surface area contributed by atoms with E-state index < -0.39 is 0 Å². The minimum atomic E-state index is -0.0245. The third-order valence-electron chi connectivity index (χ3n) is 4.65. The molecule has 1 heterocycles. The maximum absolute atomic E-state index is 12.5. The molecule has 0 aliphatic heterocycles. The van der Waals surface area contributed by atoms with E-state index in [4.69, 9.17) is 5.73 Å². The molecular formula is C17H24ClN5O. The lowest BCUT2D eigenvalue weighted by Gasteiger charge is -2.31. The zero-order valence-electron chi connectivity index (χ0n) is 13.8. The van der Waals surface area contributed by atoms with Crippen LogP contribution in [0.4, 0.5) is 0 Å². The Morgan fingerprint density at radius 3 is 2.83 bits per heavy atom. The fourth-order valence-corrected chi connectivity index (χ4v) is 3.32. The first-order valence-electron chi connectivity index (χ1n) is 8.15. The number of nitrogens with two attached hydrogens (primary N) is 1. The Morgan fingerprint density at radius 2 is 2.17 bits per heavy atom. The van der Waals surface area contributed by atoms with E-state index in [0.29, 0.717) is 18.0 Å². The zero-order valence-corrected chi connectivity index (χ0v) is 14.6. The first-order chi connectivity index (χ1) is 11.2. The third-order valence-corrected chi connectivity index (χ3v) is 4.65. The van der Waals surface area contributed by atoms with Crippen molar-refractivity contribution in [1.82, 2.24) is 20.1 Å². The van der Waals surface area contributed by atoms with E-state index >= 15 is 0 Å². The number of halogens is 1. The number of nitrogens with zero attached hydrogens (tertiary/aromatic N) is 3. The minimum absolute atomic E-state index is 0. The maximum atomic E-state index is 12.5. The van der Waals surface area contributed by atoms with Crippen LogP contribution in [-0.2, 0) is 0 Å². The van der Waals surface area contributed by atoms with Crippen molar-refractivity contribution >= 4 is 18.3 Å². The van der Waals surface area contributed by atoms with Gasteiger partial charge in [-0.2, -0.15) is 5.10 Å². The van der Waals surface area contributed by atoms with Crippen LogP contribution in [0.5, 0.6) is 0 Å². The topological polar surface area (TPSA) is 85.8 Å². The average molecular weight is 350 g/mol. The maximum Gasteiger partial charge on any atom is 0.251 e. The van der Waals surface area contributed by atoms with Crippen LogP contribution in [-0.4, -0.2) is 33.3 Å². The molecule has 24 heavy (non-hydrogen) atoms. The Kier molecular flexibility index (Phi) is 6.34. The smallest absolute Gasteiger partial charge is 0.251 e. The molecule has 2 unspecified atom stereocenters. The molecule has 1 aromatic heterocycles. The van der Waals surface area contributed by atoms with Crippen LogP contribution in [0.25, 0.3) is 5.69 Å². The Bertz CT molecular complexity index is 674. The van der Waals surface area contributed by atoms with Gasteiger partial charge in [0.25, 0.3) is 5.91 Å². The molecule has 3 N–H and O–H groups in total. The molecule has 0 radical (unpaired) electrons. The van der Waals surface area contributed by atoms with Crippen LogP contribution >= 0.6 is 12.4 Å². The lowest BCUT2D eigenvalue weighted by atomic mass is 9.84. The van der Waals surface area contributed by atoms with Gasteiger partial charge in [0.1, 0.15) is 12.7 Å². The van der Waals surface area contributed by atoms with Gasteiger partial charge >= 0.3 is 0 Å². The number of aryl methyl sites for hydroxylation is 1. The van der Waals surface area contributed by atoms with Crippen molar-refractivity contribution in [3.8, 4) is 5.69 Å². The predicted octanol–water partition coefficient (Wildman–Crippen LogP) is 2.24. The van der Waals surface area contributed by atoms with E-state index in [1.54, 1.807) is 11.0 Å². The van der Waals surface area contributed by atoms with Crippen molar-refractivity contribution < 1.29 is 4.79 Å². The van der Waals surface area contributed by atoms with E-state index in [2.05, 4.69) is 15.4 Å². The summed E-state index contributed by atoms with van der Waals surface area (Å²) in [6.45, 7) is 2.60. The van der Waals surface area contributed by atoms with E-state index in [1.807, 2.05) is 25.1 Å². The standard InChI is InChI=1S/C17H23N5O.ClH/c1-12-8-13(6-7-16(12)22-11-19-10-20-22)17(23)21-15-5-3-2-4-14(15)9-18;/h6-8,10-11,14-15H,2-5,9,18H2,1H3,(H,21,23);1H. The van der Waals surface area contributed by atoms with Crippen molar-refractivity contribution in [3.05, 3.63) is 42.0 Å². The molecule has 6 nitrogen and oxygen atoms in total. The molecule has 2 aromatic rings. The minimum Gasteiger partial charge on any atom is -0.349 e.